The fraction of sp³-hybridized carbons (Fsp3) is 0.824. The van der Waals surface area contributed by atoms with Crippen molar-refractivity contribution in [2.24, 2.45) is 0 Å². The van der Waals surface area contributed by atoms with E-state index in [1.165, 1.54) is 18.7 Å². The van der Waals surface area contributed by atoms with Gasteiger partial charge in [0.15, 0.2) is 12.2 Å². The number of alkyl carbamates (subject to hydrolysis) is 1. The van der Waals surface area contributed by atoms with Gasteiger partial charge in [0, 0.05) is 12.7 Å². The first-order valence-electron chi connectivity index (χ1n) is 9.53. The smallest absolute Gasteiger partial charge is 0.408 e. The van der Waals surface area contributed by atoms with Gasteiger partial charge in [-0.25, -0.2) is 9.59 Å². The Morgan fingerprint density at radius 1 is 1.19 bits per heavy atom. The monoisotopic (exact) mass is 465 g/mol. The lowest BCUT2D eigenvalue weighted by molar-refractivity contribution is -0.769. The maximum Gasteiger partial charge on any atom is 0.408 e. The molecule has 176 valence electrons. The molecule has 13 nitrogen and oxygen atoms in total. The van der Waals surface area contributed by atoms with Gasteiger partial charge in [-0.15, -0.1) is 21.9 Å². The van der Waals surface area contributed by atoms with Crippen LogP contribution in [0.2, 0.25) is 0 Å². The number of carbonyl (C=O) groups excluding carboxylic acids is 3. The van der Waals surface area contributed by atoms with E-state index in [0.29, 0.717) is 0 Å². The second kappa shape index (κ2) is 10.8. The zero-order valence-electron chi connectivity index (χ0n) is 17.7. The van der Waals surface area contributed by atoms with E-state index in [9.17, 15) is 24.5 Å². The molecule has 0 unspecified atom stereocenters. The van der Waals surface area contributed by atoms with Crippen molar-refractivity contribution in [1.82, 2.24) is 10.6 Å². The molecule has 0 aromatic carbocycles. The average molecular weight is 465 g/mol. The molecule has 2 fully saturated rings. The highest BCUT2D eigenvalue weighted by molar-refractivity contribution is 7.99. The van der Waals surface area contributed by atoms with E-state index in [0.717, 1.165) is 0 Å². The van der Waals surface area contributed by atoms with Gasteiger partial charge in [0.25, 0.3) is 5.09 Å². The molecule has 31 heavy (non-hydrogen) atoms. The van der Waals surface area contributed by atoms with Gasteiger partial charge in [0.2, 0.25) is 5.91 Å². The van der Waals surface area contributed by atoms with Crippen LogP contribution >= 0.6 is 11.8 Å². The molecule has 2 saturated heterocycles. The molecule has 0 bridgehead atoms. The number of hydrogen-bond donors (Lipinski definition) is 2. The van der Waals surface area contributed by atoms with Crippen molar-refractivity contribution in [2.45, 2.75) is 63.8 Å². The van der Waals surface area contributed by atoms with E-state index in [1.807, 2.05) is 0 Å². The molecule has 2 heterocycles. The number of thioether (sulfide) groups is 1. The minimum absolute atomic E-state index is 0.0309. The van der Waals surface area contributed by atoms with Crippen molar-refractivity contribution >= 4 is 29.7 Å². The second-order valence-electron chi connectivity index (χ2n) is 7.89. The Hall–Kier alpha value is -2.32. The zero-order valence-corrected chi connectivity index (χ0v) is 18.5. The molecule has 2 N–H and O–H groups in total. The number of hydrogen-bond acceptors (Lipinski definition) is 11. The molecule has 0 aromatic rings. The Morgan fingerprint density at radius 3 is 2.39 bits per heavy atom. The van der Waals surface area contributed by atoms with Crippen LogP contribution in [-0.2, 0) is 33.4 Å². The summed E-state index contributed by atoms with van der Waals surface area (Å²) in [4.78, 5) is 51.0. The van der Waals surface area contributed by atoms with Crippen molar-refractivity contribution in [2.75, 3.05) is 24.8 Å². The number of ether oxygens (including phenoxy) is 4. The lowest BCUT2D eigenvalue weighted by atomic mass is 10.1. The van der Waals surface area contributed by atoms with Crippen LogP contribution in [-0.4, -0.2) is 84.0 Å². The molecule has 0 aromatic heterocycles. The van der Waals surface area contributed by atoms with Crippen LogP contribution in [0.15, 0.2) is 0 Å². The number of amides is 2. The van der Waals surface area contributed by atoms with Crippen LogP contribution in [0.5, 0.6) is 0 Å². The van der Waals surface area contributed by atoms with E-state index in [4.69, 9.17) is 18.9 Å². The normalized spacial score (nSPS) is 25.8. The van der Waals surface area contributed by atoms with Crippen molar-refractivity contribution < 1.29 is 43.3 Å². The third kappa shape index (κ3) is 8.03. The van der Waals surface area contributed by atoms with Gasteiger partial charge in [0.05, 0.1) is 19.1 Å². The molecule has 2 aliphatic heterocycles. The number of nitrogens with one attached hydrogen (secondary N) is 2. The molecule has 0 radical (unpaired) electrons. The fourth-order valence-electron chi connectivity index (χ4n) is 2.91. The zero-order chi connectivity index (χ0) is 23.2. The van der Waals surface area contributed by atoms with Crippen LogP contribution in [0.1, 0.15) is 27.7 Å². The highest BCUT2D eigenvalue weighted by Gasteiger charge is 2.51. The van der Waals surface area contributed by atoms with Gasteiger partial charge in [-0.1, -0.05) is 0 Å². The van der Waals surface area contributed by atoms with Crippen LogP contribution < -0.4 is 10.6 Å². The SMILES string of the molecule is CC(=O)NCSC[C@H](NC(=O)OC(C)(C)C)C(=O)O[C@H]1CO[C@H]2[C@@H]1OC[C@H]2O[N+](=O)[O-]. The summed E-state index contributed by atoms with van der Waals surface area (Å²) in [6.07, 6.45) is -3.99. The molecule has 0 aliphatic carbocycles. The first kappa shape index (κ1) is 24.9. The number of fused-ring (bicyclic) bond motifs is 1. The molecule has 0 saturated carbocycles. The minimum atomic E-state index is -1.07. The van der Waals surface area contributed by atoms with Gasteiger partial charge in [-0.2, -0.15) is 0 Å². The first-order chi connectivity index (χ1) is 14.5. The maximum atomic E-state index is 12.7. The van der Waals surface area contributed by atoms with Crippen LogP contribution in [0.3, 0.4) is 0 Å². The predicted molar refractivity (Wildman–Crippen MR) is 106 cm³/mol. The summed E-state index contributed by atoms with van der Waals surface area (Å²) in [5.41, 5.74) is -0.766. The molecule has 2 aliphatic rings. The third-order valence-electron chi connectivity index (χ3n) is 4.13. The highest BCUT2D eigenvalue weighted by atomic mass is 32.2. The van der Waals surface area contributed by atoms with Gasteiger partial charge in [-0.3, -0.25) is 4.79 Å². The summed E-state index contributed by atoms with van der Waals surface area (Å²) in [5.74, 6) is -0.646. The number of nitrogens with zero attached hydrogens (tertiary/aromatic N) is 1. The van der Waals surface area contributed by atoms with Crippen molar-refractivity contribution in [3.05, 3.63) is 10.1 Å². The topological polar surface area (TPSA) is 165 Å². The average Bonchev–Trinajstić information content (AvgIpc) is 3.19. The first-order valence-corrected chi connectivity index (χ1v) is 10.7. The lowest BCUT2D eigenvalue weighted by Gasteiger charge is -2.24. The van der Waals surface area contributed by atoms with Crippen LogP contribution in [0, 0.1) is 10.1 Å². The van der Waals surface area contributed by atoms with Gasteiger partial charge in [0.1, 0.15) is 23.9 Å². The Labute approximate surface area is 182 Å². The predicted octanol–water partition coefficient (Wildman–Crippen LogP) is -0.00720. The highest BCUT2D eigenvalue weighted by Crippen LogP contribution is 2.30. The van der Waals surface area contributed by atoms with Crippen LogP contribution in [0.4, 0.5) is 4.79 Å². The van der Waals surface area contributed by atoms with Gasteiger partial charge < -0.3 is 34.4 Å². The van der Waals surface area contributed by atoms with E-state index in [1.54, 1.807) is 20.8 Å². The number of rotatable bonds is 9. The summed E-state index contributed by atoms with van der Waals surface area (Å²) in [6, 6.07) is -1.07. The van der Waals surface area contributed by atoms with Crippen molar-refractivity contribution in [3.8, 4) is 0 Å². The summed E-state index contributed by atoms with van der Waals surface area (Å²) in [5, 5.41) is 14.7. The summed E-state index contributed by atoms with van der Waals surface area (Å²) in [6.45, 7) is 6.31. The number of carbonyl (C=O) groups is 3. The Morgan fingerprint density at radius 2 is 1.81 bits per heavy atom. The standard InChI is InChI=1S/C17H27N3O10S/c1-9(21)18-8-31-7-10(19-16(23)29-17(2,3)4)15(22)28-11-5-26-14-12(30-20(24)25)6-27-13(11)14/h10-14H,5-8H2,1-4H3,(H,18,21)(H,19,23)/t10-,11-,12+,13+,14+/m0/s1. The molecule has 2 rings (SSSR count). The molecule has 14 heteroatoms. The van der Waals surface area contributed by atoms with E-state index >= 15 is 0 Å². The van der Waals surface area contributed by atoms with E-state index in [-0.39, 0.29) is 30.8 Å². The molecule has 5 atom stereocenters. The Kier molecular flexibility index (Phi) is 8.70. The van der Waals surface area contributed by atoms with Gasteiger partial charge >= 0.3 is 12.1 Å². The van der Waals surface area contributed by atoms with Crippen LogP contribution in [0.25, 0.3) is 0 Å². The summed E-state index contributed by atoms with van der Waals surface area (Å²) in [7, 11) is 0. The second-order valence-corrected chi connectivity index (χ2v) is 8.92. The van der Waals surface area contributed by atoms with Crippen molar-refractivity contribution in [1.29, 1.82) is 0 Å². The van der Waals surface area contributed by atoms with Gasteiger partial charge in [-0.05, 0) is 20.8 Å². The summed E-state index contributed by atoms with van der Waals surface area (Å²) >= 11 is 1.20. The van der Waals surface area contributed by atoms with E-state index < -0.39 is 53.2 Å². The molecule has 0 spiro atoms. The Bertz CT molecular complexity index is 686. The quantitative estimate of drug-likeness (QED) is 0.155. The molecule has 2 amide bonds. The maximum absolute atomic E-state index is 12.7. The fourth-order valence-corrected chi connectivity index (χ4v) is 3.79. The minimum Gasteiger partial charge on any atom is -0.455 e. The largest absolute Gasteiger partial charge is 0.455 e. The van der Waals surface area contributed by atoms with E-state index in [2.05, 4.69) is 15.5 Å². The summed E-state index contributed by atoms with van der Waals surface area (Å²) < 4.78 is 21.6. The molecular formula is C17H27N3O10S. The third-order valence-corrected chi connectivity index (χ3v) is 5.05. The Balaban J connectivity index is 1.95. The lowest BCUT2D eigenvalue weighted by Crippen LogP contribution is -2.48. The molecular weight excluding hydrogens is 438 g/mol. The van der Waals surface area contributed by atoms with Crippen molar-refractivity contribution in [3.63, 3.8) is 0 Å². The number of esters is 1.